The zero-order valence-corrected chi connectivity index (χ0v) is 7.90. The summed E-state index contributed by atoms with van der Waals surface area (Å²) >= 11 is 0. The Morgan fingerprint density at radius 1 is 0.857 bits per heavy atom. The van der Waals surface area contributed by atoms with Crippen molar-refractivity contribution in [3.8, 4) is 0 Å². The Labute approximate surface area is 82.2 Å². The van der Waals surface area contributed by atoms with E-state index < -0.39 is 0 Å². The number of hydrogen-bond acceptors (Lipinski definition) is 2. The van der Waals surface area contributed by atoms with Gasteiger partial charge in [0.2, 0.25) is 11.8 Å². The van der Waals surface area contributed by atoms with Gasteiger partial charge in [0.25, 0.3) is 0 Å². The van der Waals surface area contributed by atoms with Crippen molar-refractivity contribution in [3.63, 3.8) is 0 Å². The molecule has 6 unspecified atom stereocenters. The van der Waals surface area contributed by atoms with Gasteiger partial charge in [-0.25, -0.2) is 0 Å². The summed E-state index contributed by atoms with van der Waals surface area (Å²) in [5, 5.41) is 2.52. The van der Waals surface area contributed by atoms with Crippen LogP contribution in [0.25, 0.3) is 0 Å². The van der Waals surface area contributed by atoms with Crippen LogP contribution in [0.15, 0.2) is 0 Å². The van der Waals surface area contributed by atoms with E-state index in [1.54, 1.807) is 0 Å². The Kier molecular flexibility index (Phi) is 1.09. The minimum Gasteiger partial charge on any atom is -0.296 e. The topological polar surface area (TPSA) is 46.2 Å². The molecule has 2 amide bonds. The molecule has 5 aliphatic rings. The third-order valence-corrected chi connectivity index (χ3v) is 4.99. The van der Waals surface area contributed by atoms with E-state index in [1.165, 1.54) is 19.3 Å². The molecule has 3 heteroatoms. The molecule has 0 radical (unpaired) electrons. The van der Waals surface area contributed by atoms with E-state index >= 15 is 0 Å². The number of rotatable bonds is 0. The fourth-order valence-electron chi connectivity index (χ4n) is 4.46. The quantitative estimate of drug-likeness (QED) is 0.568. The van der Waals surface area contributed by atoms with Crippen molar-refractivity contribution in [3.05, 3.63) is 0 Å². The summed E-state index contributed by atoms with van der Waals surface area (Å²) < 4.78 is 0. The molecule has 1 N–H and O–H groups in total. The zero-order valence-electron chi connectivity index (χ0n) is 7.90. The van der Waals surface area contributed by atoms with Gasteiger partial charge in [-0.2, -0.15) is 0 Å². The lowest BCUT2D eigenvalue weighted by Crippen LogP contribution is -2.43. The fraction of sp³-hybridized carbons (Fsp3) is 0.818. The van der Waals surface area contributed by atoms with E-state index in [-0.39, 0.29) is 23.7 Å². The van der Waals surface area contributed by atoms with Gasteiger partial charge in [-0.3, -0.25) is 14.9 Å². The first-order valence-corrected chi connectivity index (χ1v) is 5.62. The average Bonchev–Trinajstić information content (AvgIpc) is 2.92. The van der Waals surface area contributed by atoms with Crippen molar-refractivity contribution in [1.82, 2.24) is 5.32 Å². The third-order valence-electron chi connectivity index (χ3n) is 4.99. The zero-order chi connectivity index (χ0) is 9.45. The van der Waals surface area contributed by atoms with Gasteiger partial charge < -0.3 is 0 Å². The number of carbonyl (C=O) groups is 2. The molecule has 0 aromatic carbocycles. The van der Waals surface area contributed by atoms with Crippen LogP contribution in [0.1, 0.15) is 19.3 Å². The maximum atomic E-state index is 11.6. The lowest BCUT2D eigenvalue weighted by atomic mass is 9.59. The van der Waals surface area contributed by atoms with E-state index in [1.807, 2.05) is 0 Å². The second-order valence-corrected chi connectivity index (χ2v) is 5.37. The molecule has 2 bridgehead atoms. The van der Waals surface area contributed by atoms with Gasteiger partial charge in [0.05, 0.1) is 11.8 Å². The summed E-state index contributed by atoms with van der Waals surface area (Å²) in [6, 6.07) is 0. The number of carbonyl (C=O) groups excluding carboxylic acids is 2. The molecule has 5 rings (SSSR count). The molecule has 0 aromatic heterocycles. The highest BCUT2D eigenvalue weighted by Crippen LogP contribution is 2.66. The SMILES string of the molecule is O=C1NC(=O)C2C3CCC(C4CC43)C12. The van der Waals surface area contributed by atoms with Crippen molar-refractivity contribution in [2.75, 3.05) is 0 Å². The Morgan fingerprint density at radius 2 is 1.36 bits per heavy atom. The number of hydrogen-bond donors (Lipinski definition) is 1. The second-order valence-electron chi connectivity index (χ2n) is 5.37. The van der Waals surface area contributed by atoms with Crippen LogP contribution in [-0.2, 0) is 9.59 Å². The third kappa shape index (κ3) is 0.645. The molecule has 74 valence electrons. The number of amides is 2. The Hall–Kier alpha value is -0.860. The Bertz CT molecular complexity index is 319. The van der Waals surface area contributed by atoms with Crippen LogP contribution in [0.5, 0.6) is 0 Å². The molecule has 0 spiro atoms. The van der Waals surface area contributed by atoms with Gasteiger partial charge in [0.1, 0.15) is 0 Å². The molecule has 1 aliphatic heterocycles. The highest BCUT2D eigenvalue weighted by atomic mass is 16.2. The fourth-order valence-corrected chi connectivity index (χ4v) is 4.46. The van der Waals surface area contributed by atoms with Crippen LogP contribution >= 0.6 is 0 Å². The molecule has 0 aromatic rings. The molecule has 3 nitrogen and oxygen atoms in total. The van der Waals surface area contributed by atoms with Gasteiger partial charge in [0.15, 0.2) is 0 Å². The van der Waals surface area contributed by atoms with Crippen molar-refractivity contribution in [1.29, 1.82) is 0 Å². The highest BCUT2D eigenvalue weighted by molar-refractivity contribution is 6.05. The number of nitrogens with one attached hydrogen (secondary N) is 1. The van der Waals surface area contributed by atoms with E-state index in [4.69, 9.17) is 0 Å². The largest absolute Gasteiger partial charge is 0.296 e. The first-order chi connectivity index (χ1) is 6.77. The van der Waals surface area contributed by atoms with Crippen LogP contribution in [-0.4, -0.2) is 11.8 Å². The molecule has 4 saturated carbocycles. The van der Waals surface area contributed by atoms with Crippen molar-refractivity contribution in [2.45, 2.75) is 19.3 Å². The van der Waals surface area contributed by atoms with E-state index in [2.05, 4.69) is 5.32 Å². The molecule has 6 atom stereocenters. The maximum Gasteiger partial charge on any atom is 0.230 e. The summed E-state index contributed by atoms with van der Waals surface area (Å²) in [7, 11) is 0. The summed E-state index contributed by atoms with van der Waals surface area (Å²) in [4.78, 5) is 23.3. The molecular formula is C11H13NO2. The van der Waals surface area contributed by atoms with Crippen LogP contribution < -0.4 is 5.32 Å². The predicted octanol–water partition coefficient (Wildman–Crippen LogP) is 0.551. The lowest BCUT2D eigenvalue weighted by molar-refractivity contribution is -0.129. The van der Waals surface area contributed by atoms with Crippen LogP contribution in [0, 0.1) is 35.5 Å². The van der Waals surface area contributed by atoms with Gasteiger partial charge in [-0.05, 0) is 42.9 Å². The summed E-state index contributed by atoms with van der Waals surface area (Å²) in [6.07, 6.45) is 3.67. The smallest absolute Gasteiger partial charge is 0.230 e. The summed E-state index contributed by atoms with van der Waals surface area (Å²) in [5.74, 6) is 2.86. The Balaban J connectivity index is 1.83. The van der Waals surface area contributed by atoms with Crippen molar-refractivity contribution in [2.24, 2.45) is 35.5 Å². The molecule has 5 fully saturated rings. The monoisotopic (exact) mass is 191 g/mol. The first kappa shape index (κ1) is 7.43. The Morgan fingerprint density at radius 3 is 1.86 bits per heavy atom. The van der Waals surface area contributed by atoms with Crippen molar-refractivity contribution >= 4 is 11.8 Å². The molecular weight excluding hydrogens is 178 g/mol. The molecule has 1 saturated heterocycles. The van der Waals surface area contributed by atoms with Crippen LogP contribution in [0.4, 0.5) is 0 Å². The van der Waals surface area contributed by atoms with Crippen molar-refractivity contribution < 1.29 is 9.59 Å². The summed E-state index contributed by atoms with van der Waals surface area (Å²) in [5.41, 5.74) is 0. The van der Waals surface area contributed by atoms with Gasteiger partial charge >= 0.3 is 0 Å². The molecule has 14 heavy (non-hydrogen) atoms. The number of imide groups is 1. The lowest BCUT2D eigenvalue weighted by Gasteiger charge is -2.42. The minimum absolute atomic E-state index is 0.0278. The van der Waals surface area contributed by atoms with E-state index in [9.17, 15) is 9.59 Å². The van der Waals surface area contributed by atoms with E-state index in [0.29, 0.717) is 11.8 Å². The van der Waals surface area contributed by atoms with E-state index in [0.717, 1.165) is 11.8 Å². The van der Waals surface area contributed by atoms with Gasteiger partial charge in [-0.1, -0.05) is 0 Å². The average molecular weight is 191 g/mol. The molecule has 4 aliphatic carbocycles. The summed E-state index contributed by atoms with van der Waals surface area (Å²) in [6.45, 7) is 0. The number of fused-ring (bicyclic) bond motifs is 1. The maximum absolute atomic E-state index is 11.6. The standard InChI is InChI=1S/C11H13NO2/c13-10-8-4-1-2-5(7-3-6(4)7)9(8)11(14)12-10/h4-9H,1-3H2,(H,12,13,14). The predicted molar refractivity (Wildman–Crippen MR) is 47.9 cm³/mol. The highest BCUT2D eigenvalue weighted by Gasteiger charge is 2.66. The van der Waals surface area contributed by atoms with Gasteiger partial charge in [-0.15, -0.1) is 0 Å². The normalized spacial score (nSPS) is 58.0. The molecule has 1 heterocycles. The minimum atomic E-state index is 0.0278. The second kappa shape index (κ2) is 2.05. The van der Waals surface area contributed by atoms with Crippen LogP contribution in [0.2, 0.25) is 0 Å². The first-order valence-electron chi connectivity index (χ1n) is 5.62. The van der Waals surface area contributed by atoms with Gasteiger partial charge in [0, 0.05) is 0 Å². The van der Waals surface area contributed by atoms with Crippen LogP contribution in [0.3, 0.4) is 0 Å².